The molecule has 1 aromatic heterocycles. The van der Waals surface area contributed by atoms with Gasteiger partial charge in [-0.3, -0.25) is 4.79 Å². The summed E-state index contributed by atoms with van der Waals surface area (Å²) >= 11 is 0. The Hall–Kier alpha value is -1.40. The number of aryl methyl sites for hydroxylation is 1. The summed E-state index contributed by atoms with van der Waals surface area (Å²) in [6, 6.07) is 0. The Balaban J connectivity index is 2.08. The first-order valence-electron chi connectivity index (χ1n) is 6.70. The molecule has 6 nitrogen and oxygen atoms in total. The monoisotopic (exact) mass is 267 g/mol. The summed E-state index contributed by atoms with van der Waals surface area (Å²) in [6.45, 7) is 5.33. The number of rotatable bonds is 5. The summed E-state index contributed by atoms with van der Waals surface area (Å²) in [5.74, 6) is 0.281. The molecule has 1 aromatic rings. The molecular formula is C13H21N3O3. The van der Waals surface area contributed by atoms with Crippen LogP contribution in [-0.2, 0) is 11.3 Å². The van der Waals surface area contributed by atoms with Gasteiger partial charge in [-0.15, -0.1) is 0 Å². The van der Waals surface area contributed by atoms with Crippen molar-refractivity contribution in [2.75, 3.05) is 18.5 Å². The number of nitrogens with one attached hydrogen (secondary N) is 1. The minimum atomic E-state index is -0.931. The molecule has 0 saturated carbocycles. The smallest absolute Gasteiger partial charge is 0.293 e. The molecule has 2 heterocycles. The summed E-state index contributed by atoms with van der Waals surface area (Å²) in [4.78, 5) is 16.1. The van der Waals surface area contributed by atoms with Gasteiger partial charge in [-0.05, 0) is 13.3 Å². The zero-order chi connectivity index (χ0) is 13.9. The van der Waals surface area contributed by atoms with Crippen LogP contribution >= 0.6 is 0 Å². The molecule has 1 saturated heterocycles. The van der Waals surface area contributed by atoms with Crippen molar-refractivity contribution in [2.45, 2.75) is 44.9 Å². The van der Waals surface area contributed by atoms with Crippen molar-refractivity contribution < 1.29 is 9.84 Å². The van der Waals surface area contributed by atoms with E-state index in [2.05, 4.69) is 10.3 Å². The van der Waals surface area contributed by atoms with Crippen LogP contribution in [0.25, 0.3) is 0 Å². The largest absolute Gasteiger partial charge is 0.385 e. The minimum Gasteiger partial charge on any atom is -0.385 e. The normalized spacial score (nSPS) is 26.6. The summed E-state index contributed by atoms with van der Waals surface area (Å²) in [6.07, 6.45) is 4.49. The molecular weight excluding hydrogens is 246 g/mol. The van der Waals surface area contributed by atoms with Crippen LogP contribution < -0.4 is 10.9 Å². The van der Waals surface area contributed by atoms with Crippen LogP contribution in [0.2, 0.25) is 0 Å². The fourth-order valence-corrected chi connectivity index (χ4v) is 2.23. The van der Waals surface area contributed by atoms with Crippen molar-refractivity contribution in [3.05, 3.63) is 22.7 Å². The quantitative estimate of drug-likeness (QED) is 0.817. The lowest BCUT2D eigenvalue weighted by Gasteiger charge is -2.26. The Labute approximate surface area is 112 Å². The maximum Gasteiger partial charge on any atom is 0.293 e. The first kappa shape index (κ1) is 14.0. The van der Waals surface area contributed by atoms with Crippen LogP contribution in [0.5, 0.6) is 0 Å². The van der Waals surface area contributed by atoms with Crippen LogP contribution in [0, 0.1) is 0 Å². The number of nitrogens with zero attached hydrogens (tertiary/aromatic N) is 2. The highest BCUT2D eigenvalue weighted by Gasteiger charge is 2.39. The predicted molar refractivity (Wildman–Crippen MR) is 72.3 cm³/mol. The molecule has 2 atom stereocenters. The molecule has 1 aliphatic rings. The lowest BCUT2D eigenvalue weighted by atomic mass is 9.97. The molecule has 6 heteroatoms. The molecule has 1 aliphatic heterocycles. The van der Waals surface area contributed by atoms with Gasteiger partial charge in [-0.1, -0.05) is 6.92 Å². The molecule has 106 valence electrons. The van der Waals surface area contributed by atoms with Crippen LogP contribution in [0.4, 0.5) is 5.82 Å². The number of hydrogen-bond acceptors (Lipinski definition) is 5. The van der Waals surface area contributed by atoms with Crippen molar-refractivity contribution in [2.24, 2.45) is 0 Å². The van der Waals surface area contributed by atoms with Crippen molar-refractivity contribution in [1.29, 1.82) is 0 Å². The van der Waals surface area contributed by atoms with E-state index in [0.29, 0.717) is 19.6 Å². The maximum absolute atomic E-state index is 12.1. The Bertz CT molecular complexity index is 488. The zero-order valence-corrected chi connectivity index (χ0v) is 11.4. The Kier molecular flexibility index (Phi) is 4.21. The van der Waals surface area contributed by atoms with Gasteiger partial charge in [0.15, 0.2) is 5.82 Å². The first-order chi connectivity index (χ1) is 9.07. The number of ether oxygens (including phenoxy) is 1. The van der Waals surface area contributed by atoms with Crippen LogP contribution in [-0.4, -0.2) is 39.5 Å². The highest BCUT2D eigenvalue weighted by Crippen LogP contribution is 2.25. The van der Waals surface area contributed by atoms with Crippen LogP contribution in [0.1, 0.15) is 26.7 Å². The maximum atomic E-state index is 12.1. The van der Waals surface area contributed by atoms with Gasteiger partial charge in [0, 0.05) is 38.5 Å². The van der Waals surface area contributed by atoms with E-state index in [1.807, 2.05) is 13.8 Å². The van der Waals surface area contributed by atoms with Gasteiger partial charge >= 0.3 is 0 Å². The van der Waals surface area contributed by atoms with Crippen molar-refractivity contribution >= 4 is 5.82 Å². The zero-order valence-electron chi connectivity index (χ0n) is 11.4. The van der Waals surface area contributed by atoms with Crippen molar-refractivity contribution in [3.8, 4) is 0 Å². The summed E-state index contributed by atoms with van der Waals surface area (Å²) in [5.41, 5.74) is -1.08. The lowest BCUT2D eigenvalue weighted by molar-refractivity contribution is -0.0176. The number of hydrogen-bond donors (Lipinski definition) is 2. The van der Waals surface area contributed by atoms with E-state index in [9.17, 15) is 9.90 Å². The molecule has 1 fully saturated rings. The standard InChI is InChI=1S/C13H21N3O3/c1-3-6-16-7-5-14-11(12(16)17)15-9-13(18)4-8-19-10(13)2/h5,7,10,18H,3-4,6,8-9H2,1-2H3,(H,14,15). The summed E-state index contributed by atoms with van der Waals surface area (Å²) in [7, 11) is 0. The highest BCUT2D eigenvalue weighted by atomic mass is 16.5. The number of anilines is 1. The molecule has 2 N–H and O–H groups in total. The number of aromatic nitrogens is 2. The molecule has 0 amide bonds. The van der Waals surface area contributed by atoms with E-state index in [4.69, 9.17) is 4.74 Å². The van der Waals surface area contributed by atoms with Crippen LogP contribution in [0.15, 0.2) is 17.2 Å². The van der Waals surface area contributed by atoms with Gasteiger partial charge in [-0.25, -0.2) is 4.98 Å². The van der Waals surface area contributed by atoms with Crippen LogP contribution in [0.3, 0.4) is 0 Å². The molecule has 0 aromatic carbocycles. The Morgan fingerprint density at radius 1 is 1.68 bits per heavy atom. The predicted octanol–water partition coefficient (Wildman–Crippen LogP) is 0.605. The Morgan fingerprint density at radius 3 is 3.11 bits per heavy atom. The molecule has 19 heavy (non-hydrogen) atoms. The second-order valence-corrected chi connectivity index (χ2v) is 4.99. The fraction of sp³-hybridized carbons (Fsp3) is 0.692. The van der Waals surface area contributed by atoms with Gasteiger partial charge in [0.05, 0.1) is 6.10 Å². The van der Waals surface area contributed by atoms with Crippen molar-refractivity contribution in [1.82, 2.24) is 9.55 Å². The van der Waals surface area contributed by atoms with Gasteiger partial charge in [0.25, 0.3) is 5.56 Å². The molecule has 0 bridgehead atoms. The van der Waals surface area contributed by atoms with Gasteiger partial charge < -0.3 is 19.7 Å². The fourth-order valence-electron chi connectivity index (χ4n) is 2.23. The van der Waals surface area contributed by atoms with E-state index < -0.39 is 5.60 Å². The molecule has 0 spiro atoms. The Morgan fingerprint density at radius 2 is 2.47 bits per heavy atom. The van der Waals surface area contributed by atoms with E-state index in [-0.39, 0.29) is 24.0 Å². The topological polar surface area (TPSA) is 76.4 Å². The van der Waals surface area contributed by atoms with E-state index in [1.54, 1.807) is 17.0 Å². The van der Waals surface area contributed by atoms with E-state index in [0.717, 1.165) is 6.42 Å². The van der Waals surface area contributed by atoms with Crippen molar-refractivity contribution in [3.63, 3.8) is 0 Å². The third kappa shape index (κ3) is 2.96. The average Bonchev–Trinajstić information content (AvgIpc) is 2.71. The SMILES string of the molecule is CCCn1ccnc(NCC2(O)CCOC2C)c1=O. The average molecular weight is 267 g/mol. The lowest BCUT2D eigenvalue weighted by Crippen LogP contribution is -2.44. The highest BCUT2D eigenvalue weighted by molar-refractivity contribution is 5.31. The second-order valence-electron chi connectivity index (χ2n) is 4.99. The third-order valence-electron chi connectivity index (χ3n) is 3.60. The van der Waals surface area contributed by atoms with Gasteiger partial charge in [0.2, 0.25) is 0 Å². The molecule has 2 rings (SSSR count). The second kappa shape index (κ2) is 5.71. The number of aliphatic hydroxyl groups is 1. The van der Waals surface area contributed by atoms with E-state index >= 15 is 0 Å². The molecule has 0 aliphatic carbocycles. The minimum absolute atomic E-state index is 0.153. The van der Waals surface area contributed by atoms with E-state index in [1.165, 1.54) is 0 Å². The third-order valence-corrected chi connectivity index (χ3v) is 3.60. The first-order valence-corrected chi connectivity index (χ1v) is 6.70. The molecule has 0 radical (unpaired) electrons. The van der Waals surface area contributed by atoms with Gasteiger partial charge in [-0.2, -0.15) is 0 Å². The molecule has 2 unspecified atom stereocenters. The van der Waals surface area contributed by atoms with Gasteiger partial charge in [0.1, 0.15) is 5.60 Å². The summed E-state index contributed by atoms with van der Waals surface area (Å²) < 4.78 is 6.97. The summed E-state index contributed by atoms with van der Waals surface area (Å²) in [5, 5.41) is 13.3.